The zero-order valence-electron chi connectivity index (χ0n) is 72.3. The molecule has 0 rings (SSSR count). The number of carbonyl (C=O) groups is 4. The molecule has 0 aliphatic carbocycles. The Bertz CT molecular complexity index is 2070. The van der Waals surface area contributed by atoms with Crippen molar-refractivity contribution in [2.45, 2.75) is 521 Å². The van der Waals surface area contributed by atoms with Crippen molar-refractivity contribution >= 4 is 39.5 Å². The number of phosphoric acid groups is 2. The van der Waals surface area contributed by atoms with Gasteiger partial charge in [0.2, 0.25) is 0 Å². The quantitative estimate of drug-likeness (QED) is 0.0222. The van der Waals surface area contributed by atoms with Gasteiger partial charge in [-0.1, -0.05) is 451 Å². The predicted octanol–water partition coefficient (Wildman–Crippen LogP) is 28.5. The summed E-state index contributed by atoms with van der Waals surface area (Å²) in [5.41, 5.74) is 0. The molecule has 0 radical (unpaired) electrons. The molecule has 5 atom stereocenters. The molecule has 0 aromatic rings. The zero-order chi connectivity index (χ0) is 80.3. The SMILES string of the molecule is CCCCCCCCCCCCCCCCCCCCCCCCC(=O)OC[C@H](COP(=O)(O)OC[C@@H](O)COP(=O)(O)OC[C@@H](COC(=O)CCCCCCCCC)OC(=O)CCCCCCCCCCCCCCCCCCCCC)OC(=O)CCCCCCCCCCCCCCCCCCCCCCCC. The van der Waals surface area contributed by atoms with E-state index in [9.17, 15) is 43.2 Å². The number of carbonyl (C=O) groups excluding carboxylic acids is 4. The monoisotopic (exact) mass is 1610 g/mol. The van der Waals surface area contributed by atoms with Gasteiger partial charge < -0.3 is 33.8 Å². The summed E-state index contributed by atoms with van der Waals surface area (Å²) in [6, 6.07) is 0. The van der Waals surface area contributed by atoms with Crippen LogP contribution in [0.25, 0.3) is 0 Å². The maximum absolute atomic E-state index is 13.2. The molecular formula is C91H178O17P2. The second kappa shape index (κ2) is 85.0. The molecule has 0 aliphatic rings. The van der Waals surface area contributed by atoms with Crippen molar-refractivity contribution in [1.82, 2.24) is 0 Å². The highest BCUT2D eigenvalue weighted by Crippen LogP contribution is 2.45. The summed E-state index contributed by atoms with van der Waals surface area (Å²) < 4.78 is 68.9. The number of esters is 4. The van der Waals surface area contributed by atoms with Crippen LogP contribution in [0.15, 0.2) is 0 Å². The summed E-state index contributed by atoms with van der Waals surface area (Å²) in [6.45, 7) is 5.03. The minimum Gasteiger partial charge on any atom is -0.462 e. The van der Waals surface area contributed by atoms with Gasteiger partial charge in [0, 0.05) is 25.7 Å². The molecular weight excluding hydrogens is 1430 g/mol. The molecule has 0 aliphatic heterocycles. The molecule has 3 N–H and O–H groups in total. The van der Waals surface area contributed by atoms with Crippen LogP contribution in [0.1, 0.15) is 503 Å². The summed E-state index contributed by atoms with van der Waals surface area (Å²) in [6.07, 6.45) is 82.5. The van der Waals surface area contributed by atoms with Crippen molar-refractivity contribution in [1.29, 1.82) is 0 Å². The molecule has 654 valence electrons. The fourth-order valence-corrected chi connectivity index (χ4v) is 16.0. The summed E-state index contributed by atoms with van der Waals surface area (Å²) >= 11 is 0. The van der Waals surface area contributed by atoms with E-state index in [0.29, 0.717) is 25.7 Å². The standard InChI is InChI=1S/C91H178O17P2/c1-5-9-13-17-21-24-27-30-33-36-39-41-43-46-48-51-54-57-60-64-68-72-76-89(94)102-82-87(108-91(96)78-74-70-66-62-59-56-53-50-47-44-42-40-37-34-31-28-25-22-18-14-10-6-2)84-106-110(99,100)104-80-85(92)79-103-109(97,98)105-83-86(81-101-88(93)75-71-67-63-20-16-12-8-4)107-90(95)77-73-69-65-61-58-55-52-49-45-38-35-32-29-26-23-19-15-11-7-3/h85-87,92H,5-84H2,1-4H3,(H,97,98)(H,99,100)/t85-,86+,87+/m0/s1. The van der Waals surface area contributed by atoms with Crippen LogP contribution in [0, 0.1) is 0 Å². The van der Waals surface area contributed by atoms with Crippen molar-refractivity contribution in [3.63, 3.8) is 0 Å². The molecule has 0 heterocycles. The largest absolute Gasteiger partial charge is 0.472 e. The molecule has 0 saturated heterocycles. The maximum Gasteiger partial charge on any atom is 0.472 e. The number of unbranched alkanes of at least 4 members (excludes halogenated alkanes) is 66. The Morgan fingerprint density at radius 2 is 0.364 bits per heavy atom. The number of hydrogen-bond acceptors (Lipinski definition) is 15. The van der Waals surface area contributed by atoms with Crippen LogP contribution < -0.4 is 0 Å². The fraction of sp³-hybridized carbons (Fsp3) is 0.956. The van der Waals surface area contributed by atoms with E-state index in [1.165, 1.54) is 321 Å². The predicted molar refractivity (Wildman–Crippen MR) is 455 cm³/mol. The molecule has 0 saturated carbocycles. The first-order valence-corrected chi connectivity index (χ1v) is 50.3. The molecule has 17 nitrogen and oxygen atoms in total. The first kappa shape index (κ1) is 108. The van der Waals surface area contributed by atoms with E-state index in [0.717, 1.165) is 103 Å². The Morgan fingerprint density at radius 3 is 0.536 bits per heavy atom. The van der Waals surface area contributed by atoms with Crippen molar-refractivity contribution in [2.75, 3.05) is 39.6 Å². The van der Waals surface area contributed by atoms with Crippen LogP contribution >= 0.6 is 15.6 Å². The first-order chi connectivity index (χ1) is 53.7. The van der Waals surface area contributed by atoms with Crippen molar-refractivity contribution < 1.29 is 80.2 Å². The van der Waals surface area contributed by atoms with Gasteiger partial charge in [0.15, 0.2) is 12.2 Å². The van der Waals surface area contributed by atoms with Gasteiger partial charge in [0.05, 0.1) is 26.4 Å². The van der Waals surface area contributed by atoms with E-state index in [1.54, 1.807) is 0 Å². The highest BCUT2D eigenvalue weighted by molar-refractivity contribution is 7.47. The highest BCUT2D eigenvalue weighted by Gasteiger charge is 2.31. The average Bonchev–Trinajstić information content (AvgIpc) is 0.898. The Kier molecular flexibility index (Phi) is 83.5. The summed E-state index contributed by atoms with van der Waals surface area (Å²) in [4.78, 5) is 73.2. The minimum atomic E-state index is -4.97. The molecule has 2 unspecified atom stereocenters. The lowest BCUT2D eigenvalue weighted by molar-refractivity contribution is -0.161. The van der Waals surface area contributed by atoms with E-state index < -0.39 is 97.5 Å². The van der Waals surface area contributed by atoms with Gasteiger partial charge in [-0.05, 0) is 25.7 Å². The van der Waals surface area contributed by atoms with E-state index in [2.05, 4.69) is 27.7 Å². The number of phosphoric ester groups is 2. The summed E-state index contributed by atoms with van der Waals surface area (Å²) in [7, 11) is -9.93. The van der Waals surface area contributed by atoms with E-state index in [1.807, 2.05) is 0 Å². The van der Waals surface area contributed by atoms with Gasteiger partial charge in [0.25, 0.3) is 0 Å². The Labute approximate surface area is 677 Å². The van der Waals surface area contributed by atoms with Crippen LogP contribution in [0.5, 0.6) is 0 Å². The van der Waals surface area contributed by atoms with Crippen LogP contribution in [0.3, 0.4) is 0 Å². The van der Waals surface area contributed by atoms with Crippen molar-refractivity contribution in [3.05, 3.63) is 0 Å². The number of rotatable bonds is 92. The van der Waals surface area contributed by atoms with Crippen molar-refractivity contribution in [2.24, 2.45) is 0 Å². The van der Waals surface area contributed by atoms with E-state index >= 15 is 0 Å². The molecule has 19 heteroatoms. The van der Waals surface area contributed by atoms with Crippen LogP contribution in [-0.2, 0) is 65.4 Å². The minimum absolute atomic E-state index is 0.109. The fourth-order valence-electron chi connectivity index (χ4n) is 14.4. The second-order valence-electron chi connectivity index (χ2n) is 32.7. The third-order valence-corrected chi connectivity index (χ3v) is 23.5. The number of aliphatic hydroxyl groups excluding tert-OH is 1. The molecule has 0 spiro atoms. The summed E-state index contributed by atoms with van der Waals surface area (Å²) in [5.74, 6) is -2.10. The van der Waals surface area contributed by atoms with Gasteiger partial charge in [-0.25, -0.2) is 9.13 Å². The van der Waals surface area contributed by atoms with Crippen LogP contribution in [0.4, 0.5) is 0 Å². The zero-order valence-corrected chi connectivity index (χ0v) is 74.0. The van der Waals surface area contributed by atoms with Gasteiger partial charge >= 0.3 is 39.5 Å². The Morgan fingerprint density at radius 1 is 0.218 bits per heavy atom. The maximum atomic E-state index is 13.2. The number of ether oxygens (including phenoxy) is 4. The third kappa shape index (κ3) is 84.0. The second-order valence-corrected chi connectivity index (χ2v) is 35.6. The Hall–Kier alpha value is -1.94. The lowest BCUT2D eigenvalue weighted by Gasteiger charge is -2.21. The smallest absolute Gasteiger partial charge is 0.462 e. The van der Waals surface area contributed by atoms with Gasteiger partial charge in [-0.15, -0.1) is 0 Å². The van der Waals surface area contributed by atoms with E-state index in [4.69, 9.17) is 37.0 Å². The van der Waals surface area contributed by atoms with Crippen LogP contribution in [0.2, 0.25) is 0 Å². The van der Waals surface area contributed by atoms with E-state index in [-0.39, 0.29) is 25.7 Å². The first-order valence-electron chi connectivity index (χ1n) is 47.3. The normalized spacial score (nSPS) is 13.6. The molecule has 0 bridgehead atoms. The number of aliphatic hydroxyl groups is 1. The molecule has 0 fully saturated rings. The molecule has 0 aromatic heterocycles. The molecule has 0 amide bonds. The Balaban J connectivity index is 5.13. The highest BCUT2D eigenvalue weighted by atomic mass is 31.2. The van der Waals surface area contributed by atoms with Crippen molar-refractivity contribution in [3.8, 4) is 0 Å². The van der Waals surface area contributed by atoms with Crippen LogP contribution in [-0.4, -0.2) is 96.7 Å². The topological polar surface area (TPSA) is 237 Å². The van der Waals surface area contributed by atoms with Gasteiger partial charge in [0.1, 0.15) is 19.3 Å². The molecule has 110 heavy (non-hydrogen) atoms. The summed E-state index contributed by atoms with van der Waals surface area (Å²) in [5, 5.41) is 10.7. The average molecular weight is 1610 g/mol. The lowest BCUT2D eigenvalue weighted by Crippen LogP contribution is -2.30. The van der Waals surface area contributed by atoms with Gasteiger partial charge in [-0.2, -0.15) is 0 Å². The van der Waals surface area contributed by atoms with Gasteiger partial charge in [-0.3, -0.25) is 37.3 Å². The lowest BCUT2D eigenvalue weighted by atomic mass is 10.0. The number of hydrogen-bond donors (Lipinski definition) is 3. The third-order valence-electron chi connectivity index (χ3n) is 21.6. The molecule has 0 aromatic carbocycles.